The molecular weight excluding hydrogens is 252 g/mol. The Bertz CT molecular complexity index is 590. The maximum atomic E-state index is 8.70. The van der Waals surface area contributed by atoms with Crippen LogP contribution < -0.4 is 5.73 Å². The molecule has 0 aromatic carbocycles. The predicted molar refractivity (Wildman–Crippen MR) is 64.4 cm³/mol. The van der Waals surface area contributed by atoms with Crippen LogP contribution in [0.1, 0.15) is 24.2 Å². The summed E-state index contributed by atoms with van der Waals surface area (Å²) in [6.07, 6.45) is 2.13. The lowest BCUT2D eigenvalue weighted by molar-refractivity contribution is 0.385. The normalized spacial score (nSPS) is 10.2. The SMILES string of the molecule is CCc1noc(CSc2ncc(C#N)c(N)n2)n1. The van der Waals surface area contributed by atoms with Gasteiger partial charge < -0.3 is 10.3 Å². The minimum atomic E-state index is 0.176. The fraction of sp³-hybridized carbons (Fsp3) is 0.300. The van der Waals surface area contributed by atoms with Crippen LogP contribution in [0.25, 0.3) is 0 Å². The van der Waals surface area contributed by atoms with Crippen molar-refractivity contribution in [1.82, 2.24) is 20.1 Å². The molecule has 0 bridgehead atoms. The molecule has 2 heterocycles. The molecule has 0 aliphatic rings. The van der Waals surface area contributed by atoms with Gasteiger partial charge in [0, 0.05) is 6.42 Å². The van der Waals surface area contributed by atoms with Crippen LogP contribution in [0.5, 0.6) is 0 Å². The number of nitriles is 1. The van der Waals surface area contributed by atoms with Gasteiger partial charge in [0.15, 0.2) is 11.0 Å². The zero-order valence-electron chi connectivity index (χ0n) is 9.62. The zero-order valence-corrected chi connectivity index (χ0v) is 10.4. The highest BCUT2D eigenvalue weighted by molar-refractivity contribution is 7.98. The third-order valence-corrected chi connectivity index (χ3v) is 2.91. The average molecular weight is 262 g/mol. The Morgan fingerprint density at radius 3 is 2.94 bits per heavy atom. The van der Waals surface area contributed by atoms with Gasteiger partial charge in [-0.05, 0) is 0 Å². The monoisotopic (exact) mass is 262 g/mol. The highest BCUT2D eigenvalue weighted by Crippen LogP contribution is 2.19. The van der Waals surface area contributed by atoms with E-state index in [1.807, 2.05) is 13.0 Å². The molecule has 0 atom stereocenters. The first-order valence-corrected chi connectivity index (χ1v) is 6.18. The van der Waals surface area contributed by atoms with Crippen LogP contribution >= 0.6 is 11.8 Å². The smallest absolute Gasteiger partial charge is 0.237 e. The van der Waals surface area contributed by atoms with Gasteiger partial charge in [-0.1, -0.05) is 23.8 Å². The number of thioether (sulfide) groups is 1. The molecule has 8 heteroatoms. The molecule has 0 radical (unpaired) electrons. The maximum absolute atomic E-state index is 8.70. The Morgan fingerprint density at radius 2 is 2.33 bits per heavy atom. The number of nitrogens with zero attached hydrogens (tertiary/aromatic N) is 5. The number of rotatable bonds is 4. The second-order valence-electron chi connectivity index (χ2n) is 3.31. The molecule has 0 saturated carbocycles. The van der Waals surface area contributed by atoms with E-state index in [1.165, 1.54) is 18.0 Å². The number of nitrogen functional groups attached to an aromatic ring is 1. The standard InChI is InChI=1S/C10H10N6OS/c1-2-7-14-8(17-16-7)5-18-10-13-4-6(3-11)9(12)15-10/h4H,2,5H2,1H3,(H2,12,13,15). The number of anilines is 1. The third kappa shape index (κ3) is 2.75. The number of aromatic nitrogens is 4. The van der Waals surface area contributed by atoms with Crippen molar-refractivity contribution in [3.05, 3.63) is 23.5 Å². The van der Waals surface area contributed by atoms with Crippen molar-refractivity contribution in [3.63, 3.8) is 0 Å². The van der Waals surface area contributed by atoms with E-state index in [4.69, 9.17) is 15.5 Å². The number of aryl methyl sites for hydroxylation is 1. The van der Waals surface area contributed by atoms with E-state index in [-0.39, 0.29) is 11.4 Å². The second-order valence-corrected chi connectivity index (χ2v) is 4.25. The Labute approximate surface area is 107 Å². The molecule has 0 unspecified atom stereocenters. The molecule has 7 nitrogen and oxygen atoms in total. The van der Waals surface area contributed by atoms with Crippen LogP contribution in [0.15, 0.2) is 15.9 Å². The van der Waals surface area contributed by atoms with Gasteiger partial charge in [-0.2, -0.15) is 10.2 Å². The fourth-order valence-corrected chi connectivity index (χ4v) is 1.81. The van der Waals surface area contributed by atoms with Crippen molar-refractivity contribution >= 4 is 17.6 Å². The van der Waals surface area contributed by atoms with E-state index in [1.54, 1.807) is 0 Å². The van der Waals surface area contributed by atoms with E-state index in [9.17, 15) is 0 Å². The molecule has 0 amide bonds. The molecule has 0 spiro atoms. The first-order chi connectivity index (χ1) is 8.72. The summed E-state index contributed by atoms with van der Waals surface area (Å²) in [7, 11) is 0. The highest BCUT2D eigenvalue weighted by atomic mass is 32.2. The highest BCUT2D eigenvalue weighted by Gasteiger charge is 2.08. The summed E-state index contributed by atoms with van der Waals surface area (Å²) >= 11 is 1.32. The van der Waals surface area contributed by atoms with Gasteiger partial charge in [0.05, 0.1) is 11.9 Å². The Kier molecular flexibility index (Phi) is 3.74. The van der Waals surface area contributed by atoms with Gasteiger partial charge in [0.25, 0.3) is 0 Å². The number of hydrogen-bond acceptors (Lipinski definition) is 8. The molecule has 92 valence electrons. The van der Waals surface area contributed by atoms with Crippen molar-refractivity contribution < 1.29 is 4.52 Å². The van der Waals surface area contributed by atoms with Crippen molar-refractivity contribution in [2.24, 2.45) is 0 Å². The number of hydrogen-bond donors (Lipinski definition) is 1. The van der Waals surface area contributed by atoms with Gasteiger partial charge in [-0.25, -0.2) is 9.97 Å². The molecule has 0 aliphatic carbocycles. The van der Waals surface area contributed by atoms with Crippen molar-refractivity contribution in [2.45, 2.75) is 24.3 Å². The number of nitrogens with two attached hydrogens (primary N) is 1. The van der Waals surface area contributed by atoms with Crippen LogP contribution in [0.2, 0.25) is 0 Å². The fourth-order valence-electron chi connectivity index (χ4n) is 1.15. The molecule has 2 rings (SSSR count). The first-order valence-electron chi connectivity index (χ1n) is 5.19. The van der Waals surface area contributed by atoms with Gasteiger partial charge in [-0.3, -0.25) is 0 Å². The second kappa shape index (κ2) is 5.46. The lowest BCUT2D eigenvalue weighted by Gasteiger charge is -1.99. The molecule has 2 aromatic heterocycles. The summed E-state index contributed by atoms with van der Waals surface area (Å²) in [5.41, 5.74) is 5.86. The summed E-state index contributed by atoms with van der Waals surface area (Å²) in [5.74, 6) is 1.84. The van der Waals surface area contributed by atoms with Crippen LogP contribution in [0.3, 0.4) is 0 Å². The summed E-state index contributed by atoms with van der Waals surface area (Å²) in [4.78, 5) is 12.2. The molecule has 2 aromatic rings. The van der Waals surface area contributed by atoms with Crippen LogP contribution in [0, 0.1) is 11.3 Å². The quantitative estimate of drug-likeness (QED) is 0.645. The van der Waals surface area contributed by atoms with Crippen LogP contribution in [-0.4, -0.2) is 20.1 Å². The molecule has 2 N–H and O–H groups in total. The topological polar surface area (TPSA) is 115 Å². The summed E-state index contributed by atoms with van der Waals surface area (Å²) < 4.78 is 5.03. The molecule has 0 fully saturated rings. The summed E-state index contributed by atoms with van der Waals surface area (Å²) in [5, 5.41) is 13.0. The van der Waals surface area contributed by atoms with Gasteiger partial charge in [-0.15, -0.1) is 0 Å². The van der Waals surface area contributed by atoms with Crippen LogP contribution in [0.4, 0.5) is 5.82 Å². The van der Waals surface area contributed by atoms with Gasteiger partial charge in [0.1, 0.15) is 17.5 Å². The summed E-state index contributed by atoms with van der Waals surface area (Å²) in [6.45, 7) is 1.95. The predicted octanol–water partition coefficient (Wildman–Crippen LogP) is 1.17. The molecule has 18 heavy (non-hydrogen) atoms. The molecule has 0 saturated heterocycles. The van der Waals surface area contributed by atoms with E-state index in [2.05, 4.69) is 20.1 Å². The minimum Gasteiger partial charge on any atom is -0.382 e. The van der Waals surface area contributed by atoms with Crippen molar-refractivity contribution in [3.8, 4) is 6.07 Å². The lowest BCUT2D eigenvalue weighted by Crippen LogP contribution is -1.98. The summed E-state index contributed by atoms with van der Waals surface area (Å²) in [6, 6.07) is 1.91. The van der Waals surface area contributed by atoms with E-state index < -0.39 is 0 Å². The first kappa shape index (κ1) is 12.3. The van der Waals surface area contributed by atoms with E-state index in [0.29, 0.717) is 22.6 Å². The van der Waals surface area contributed by atoms with E-state index >= 15 is 0 Å². The lowest BCUT2D eigenvalue weighted by atomic mass is 10.3. The Hall–Kier alpha value is -2.14. The molecular formula is C10H10N6OS. The minimum absolute atomic E-state index is 0.176. The van der Waals surface area contributed by atoms with E-state index in [0.717, 1.165) is 6.42 Å². The molecule has 0 aliphatic heterocycles. The average Bonchev–Trinajstić information content (AvgIpc) is 2.84. The van der Waals surface area contributed by atoms with Crippen LogP contribution in [-0.2, 0) is 12.2 Å². The van der Waals surface area contributed by atoms with Gasteiger partial charge in [0.2, 0.25) is 5.89 Å². The third-order valence-electron chi connectivity index (χ3n) is 2.07. The maximum Gasteiger partial charge on any atom is 0.237 e. The zero-order chi connectivity index (χ0) is 13.0. The van der Waals surface area contributed by atoms with Gasteiger partial charge >= 0.3 is 0 Å². The van der Waals surface area contributed by atoms with Crippen molar-refractivity contribution in [1.29, 1.82) is 5.26 Å². The largest absolute Gasteiger partial charge is 0.382 e. The Balaban J connectivity index is 2.02. The Morgan fingerprint density at radius 1 is 1.50 bits per heavy atom. The van der Waals surface area contributed by atoms with Crippen molar-refractivity contribution in [2.75, 3.05) is 5.73 Å².